The van der Waals surface area contributed by atoms with Crippen LogP contribution in [-0.2, 0) is 14.4 Å². The molecule has 0 bridgehead atoms. The smallest absolute Gasteiger partial charge is 0.333 e. The first-order chi connectivity index (χ1) is 7.66. The second-order valence-corrected chi connectivity index (χ2v) is 2.59. The number of carbonyl (C=O) groups is 3. The highest BCUT2D eigenvalue weighted by Gasteiger charge is 2.16. The molecule has 0 aliphatic carbocycles. The maximum Gasteiger partial charge on any atom is 0.333 e. The summed E-state index contributed by atoms with van der Waals surface area (Å²) in [6.07, 6.45) is -2.54. The van der Waals surface area contributed by atoms with Gasteiger partial charge in [-0.05, 0) is 0 Å². The van der Waals surface area contributed by atoms with Crippen molar-refractivity contribution in [3.63, 3.8) is 0 Å². The van der Waals surface area contributed by atoms with Gasteiger partial charge in [0.1, 0.15) is 6.54 Å². The summed E-state index contributed by atoms with van der Waals surface area (Å²) in [7, 11) is 0. The summed E-state index contributed by atoms with van der Waals surface area (Å²) in [5, 5.41) is 32.1. The molecule has 0 radical (unpaired) electrons. The Morgan fingerprint density at radius 3 is 1.65 bits per heavy atom. The number of hydrogen-bond donors (Lipinski definition) is 6. The minimum Gasteiger partial charge on any atom is -0.481 e. The Labute approximate surface area is 95.2 Å². The standard InChI is InChI=1S/C4H6O5.C3H7N3O2/c5-2(4(8)9)1-3(6)7;4-3(5)6-1-2(7)8/h2,5H,1H2,(H,6,7)(H,8,9);1H2,(H,7,8)(H4,4,5,6). The van der Waals surface area contributed by atoms with Crippen LogP contribution >= 0.6 is 0 Å². The number of nitrogens with two attached hydrogens (primary N) is 2. The third-order valence-corrected chi connectivity index (χ3v) is 1.05. The average Bonchev–Trinajstić information content (AvgIpc) is 2.14. The van der Waals surface area contributed by atoms with Crippen molar-refractivity contribution in [1.29, 1.82) is 0 Å². The van der Waals surface area contributed by atoms with E-state index >= 15 is 0 Å². The molecule has 0 fully saturated rings. The molecule has 0 aromatic rings. The SMILES string of the molecule is NC(N)=NCC(=O)O.O=C(O)CC(O)C(=O)O. The van der Waals surface area contributed by atoms with Crippen molar-refractivity contribution in [2.75, 3.05) is 6.54 Å². The predicted octanol–water partition coefficient (Wildman–Crippen LogP) is -2.75. The molecule has 0 aromatic heterocycles. The van der Waals surface area contributed by atoms with Crippen molar-refractivity contribution in [3.8, 4) is 0 Å². The molecule has 10 heteroatoms. The summed E-state index contributed by atoms with van der Waals surface area (Å²) in [5.41, 5.74) is 9.61. The third kappa shape index (κ3) is 16.3. The number of aliphatic carboxylic acids is 3. The molecule has 0 heterocycles. The third-order valence-electron chi connectivity index (χ3n) is 1.05. The Kier molecular flexibility index (Phi) is 8.93. The molecule has 0 saturated heterocycles. The second kappa shape index (κ2) is 8.91. The van der Waals surface area contributed by atoms with E-state index in [0.29, 0.717) is 0 Å². The van der Waals surface area contributed by atoms with E-state index in [1.807, 2.05) is 0 Å². The van der Waals surface area contributed by atoms with Gasteiger partial charge in [0.2, 0.25) is 0 Å². The maximum absolute atomic E-state index is 9.72. The minimum absolute atomic E-state index is 0.201. The van der Waals surface area contributed by atoms with E-state index in [1.54, 1.807) is 0 Å². The fraction of sp³-hybridized carbons (Fsp3) is 0.429. The number of guanidine groups is 1. The Morgan fingerprint density at radius 1 is 1.06 bits per heavy atom. The molecule has 0 amide bonds. The van der Waals surface area contributed by atoms with Gasteiger partial charge in [0.15, 0.2) is 12.1 Å². The van der Waals surface area contributed by atoms with Crippen molar-refractivity contribution >= 4 is 23.9 Å². The number of aliphatic hydroxyl groups is 1. The Balaban J connectivity index is 0. The second-order valence-electron chi connectivity index (χ2n) is 2.59. The van der Waals surface area contributed by atoms with Crippen LogP contribution in [0.4, 0.5) is 0 Å². The Hall–Kier alpha value is -2.36. The summed E-state index contributed by atoms with van der Waals surface area (Å²) in [5.74, 6) is -4.09. The quantitative estimate of drug-likeness (QED) is 0.221. The first-order valence-electron chi connectivity index (χ1n) is 4.06. The molecule has 0 aliphatic rings. The number of nitrogens with zero attached hydrogens (tertiary/aromatic N) is 1. The van der Waals surface area contributed by atoms with E-state index in [0.717, 1.165) is 0 Å². The molecule has 8 N–H and O–H groups in total. The number of aliphatic hydroxyl groups excluding tert-OH is 1. The van der Waals surface area contributed by atoms with Gasteiger partial charge in [0.25, 0.3) is 0 Å². The van der Waals surface area contributed by atoms with Crippen LogP contribution in [0.1, 0.15) is 6.42 Å². The van der Waals surface area contributed by atoms with Gasteiger partial charge >= 0.3 is 17.9 Å². The topological polar surface area (TPSA) is 197 Å². The van der Waals surface area contributed by atoms with Gasteiger partial charge in [0, 0.05) is 0 Å². The molecule has 1 unspecified atom stereocenters. The summed E-state index contributed by atoms with van der Waals surface area (Å²) < 4.78 is 0. The average molecular weight is 251 g/mol. The summed E-state index contributed by atoms with van der Waals surface area (Å²) in [6.45, 7) is -0.359. The van der Waals surface area contributed by atoms with Crippen LogP contribution in [0.15, 0.2) is 4.99 Å². The number of rotatable bonds is 5. The highest BCUT2D eigenvalue weighted by atomic mass is 16.4. The zero-order chi connectivity index (χ0) is 14.0. The van der Waals surface area contributed by atoms with Gasteiger partial charge in [-0.1, -0.05) is 0 Å². The number of carboxylic acid groups (broad SMARTS) is 3. The van der Waals surface area contributed by atoms with Crippen molar-refractivity contribution < 1.29 is 34.8 Å². The zero-order valence-corrected chi connectivity index (χ0v) is 8.61. The van der Waals surface area contributed by atoms with E-state index in [4.69, 9.17) is 31.9 Å². The van der Waals surface area contributed by atoms with E-state index in [-0.39, 0.29) is 12.5 Å². The fourth-order valence-electron chi connectivity index (χ4n) is 0.412. The normalized spacial score (nSPS) is 10.4. The highest BCUT2D eigenvalue weighted by molar-refractivity contribution is 5.79. The summed E-state index contributed by atoms with van der Waals surface area (Å²) in [4.78, 5) is 32.3. The van der Waals surface area contributed by atoms with Gasteiger partial charge in [-0.2, -0.15) is 0 Å². The van der Waals surface area contributed by atoms with Crippen LogP contribution in [0.25, 0.3) is 0 Å². The van der Waals surface area contributed by atoms with Crippen LogP contribution in [0.5, 0.6) is 0 Å². The molecular weight excluding hydrogens is 238 g/mol. The van der Waals surface area contributed by atoms with Crippen molar-refractivity contribution in [1.82, 2.24) is 0 Å². The summed E-state index contributed by atoms with van der Waals surface area (Å²) in [6, 6.07) is 0. The van der Waals surface area contributed by atoms with Gasteiger partial charge in [-0.15, -0.1) is 0 Å². The van der Waals surface area contributed by atoms with Crippen molar-refractivity contribution in [2.45, 2.75) is 12.5 Å². The molecular formula is C7H13N3O7. The van der Waals surface area contributed by atoms with Crippen LogP contribution in [0.2, 0.25) is 0 Å². The Bertz CT molecular complexity index is 311. The highest BCUT2D eigenvalue weighted by Crippen LogP contribution is 1.89. The summed E-state index contributed by atoms with van der Waals surface area (Å²) >= 11 is 0. The lowest BCUT2D eigenvalue weighted by atomic mass is 10.3. The van der Waals surface area contributed by atoms with Gasteiger partial charge in [-0.25, -0.2) is 9.79 Å². The maximum atomic E-state index is 9.72. The van der Waals surface area contributed by atoms with E-state index in [2.05, 4.69) is 4.99 Å². The largest absolute Gasteiger partial charge is 0.481 e. The predicted molar refractivity (Wildman–Crippen MR) is 54.2 cm³/mol. The lowest BCUT2D eigenvalue weighted by Gasteiger charge is -1.97. The van der Waals surface area contributed by atoms with E-state index < -0.39 is 30.4 Å². The van der Waals surface area contributed by atoms with Gasteiger partial charge < -0.3 is 31.9 Å². The molecule has 0 aliphatic heterocycles. The molecule has 0 rings (SSSR count). The van der Waals surface area contributed by atoms with Gasteiger partial charge in [0.05, 0.1) is 6.42 Å². The molecule has 10 nitrogen and oxygen atoms in total. The van der Waals surface area contributed by atoms with E-state index in [9.17, 15) is 14.4 Å². The van der Waals surface area contributed by atoms with Crippen LogP contribution in [-0.4, -0.2) is 56.9 Å². The van der Waals surface area contributed by atoms with Crippen LogP contribution in [0, 0.1) is 0 Å². The molecule has 0 aromatic carbocycles. The fourth-order valence-corrected chi connectivity index (χ4v) is 0.412. The molecule has 0 saturated carbocycles. The molecule has 1 atom stereocenters. The number of carboxylic acids is 3. The number of aliphatic imine (C=N–C) groups is 1. The van der Waals surface area contributed by atoms with Crippen molar-refractivity contribution in [3.05, 3.63) is 0 Å². The first-order valence-corrected chi connectivity index (χ1v) is 4.06. The monoisotopic (exact) mass is 251 g/mol. The first kappa shape index (κ1) is 17.0. The molecule has 17 heavy (non-hydrogen) atoms. The zero-order valence-electron chi connectivity index (χ0n) is 8.61. The van der Waals surface area contributed by atoms with Gasteiger partial charge in [-0.3, -0.25) is 9.59 Å². The molecule has 0 spiro atoms. The van der Waals surface area contributed by atoms with Crippen LogP contribution < -0.4 is 11.5 Å². The minimum atomic E-state index is -1.79. The molecule has 98 valence electrons. The number of hydrogen-bond acceptors (Lipinski definition) is 5. The lowest BCUT2D eigenvalue weighted by molar-refractivity contribution is -0.152. The van der Waals surface area contributed by atoms with Crippen molar-refractivity contribution in [2.24, 2.45) is 16.5 Å². The Morgan fingerprint density at radius 2 is 1.53 bits per heavy atom. The lowest BCUT2D eigenvalue weighted by Crippen LogP contribution is -2.24. The van der Waals surface area contributed by atoms with E-state index in [1.165, 1.54) is 0 Å². The van der Waals surface area contributed by atoms with Crippen LogP contribution in [0.3, 0.4) is 0 Å².